The Bertz CT molecular complexity index is 1140. The number of piperidine rings is 1. The molecule has 1 aromatic heterocycles. The summed E-state index contributed by atoms with van der Waals surface area (Å²) < 4.78 is 20.9. The Hall–Kier alpha value is -2.93. The maximum Gasteiger partial charge on any atom is 0.340 e. The fourth-order valence-corrected chi connectivity index (χ4v) is 5.28. The van der Waals surface area contributed by atoms with E-state index in [0.717, 1.165) is 32.2 Å². The fourth-order valence-electron chi connectivity index (χ4n) is 5.28. The van der Waals surface area contributed by atoms with E-state index in [9.17, 15) is 14.0 Å². The molecule has 2 bridgehead atoms. The van der Waals surface area contributed by atoms with Crippen LogP contribution in [0.5, 0.6) is 0 Å². The van der Waals surface area contributed by atoms with Gasteiger partial charge in [-0.1, -0.05) is 30.3 Å². The molecule has 3 aromatic rings. The highest BCUT2D eigenvalue weighted by Crippen LogP contribution is 2.42. The molecule has 2 saturated heterocycles. The van der Waals surface area contributed by atoms with Gasteiger partial charge in [0, 0.05) is 30.7 Å². The monoisotopic (exact) mass is 409 g/mol. The van der Waals surface area contributed by atoms with Crippen molar-refractivity contribution in [2.24, 2.45) is 0 Å². The molecule has 0 spiro atoms. The zero-order chi connectivity index (χ0) is 20.8. The maximum atomic E-state index is 14.5. The molecule has 2 aliphatic rings. The zero-order valence-corrected chi connectivity index (χ0v) is 16.8. The standard InChI is InChI=1S/C23H24FN3O3/c1-30-22(28)18-11-20-21(12-19(18)24)27(23(29)25-20)17-9-15-7-8-16(10-17)26(15)13-14-5-3-2-4-6-14/h2-6,11-12,15-17H,7-10,13H2,1H3,(H,25,29). The molecule has 0 saturated carbocycles. The molecule has 2 atom stereocenters. The molecule has 3 heterocycles. The van der Waals surface area contributed by atoms with Crippen LogP contribution in [0.2, 0.25) is 0 Å². The van der Waals surface area contributed by atoms with E-state index < -0.39 is 11.8 Å². The second kappa shape index (κ2) is 7.40. The number of esters is 1. The topological polar surface area (TPSA) is 67.3 Å². The number of benzene rings is 2. The number of H-pyrrole nitrogens is 1. The SMILES string of the molecule is COC(=O)c1cc2[nH]c(=O)n(C3CC4CCC(C3)N4Cc3ccccc3)c2cc1F. The lowest BCUT2D eigenvalue weighted by atomic mass is 9.96. The van der Waals surface area contributed by atoms with Gasteiger partial charge in [0.25, 0.3) is 0 Å². The Balaban J connectivity index is 1.45. The third-order valence-corrected chi connectivity index (χ3v) is 6.64. The van der Waals surface area contributed by atoms with Crippen LogP contribution >= 0.6 is 0 Å². The van der Waals surface area contributed by atoms with Crippen LogP contribution in [0, 0.1) is 5.82 Å². The summed E-state index contributed by atoms with van der Waals surface area (Å²) in [6.07, 6.45) is 3.95. The molecule has 156 valence electrons. The van der Waals surface area contributed by atoms with Gasteiger partial charge in [0.1, 0.15) is 5.82 Å². The largest absolute Gasteiger partial charge is 0.465 e. The Morgan fingerprint density at radius 1 is 1.13 bits per heavy atom. The number of aromatic amines is 1. The van der Waals surface area contributed by atoms with Crippen molar-refractivity contribution in [3.63, 3.8) is 0 Å². The number of nitrogens with one attached hydrogen (secondary N) is 1. The van der Waals surface area contributed by atoms with Gasteiger partial charge in [-0.15, -0.1) is 0 Å². The smallest absolute Gasteiger partial charge is 0.340 e. The Morgan fingerprint density at radius 3 is 2.50 bits per heavy atom. The molecule has 0 aliphatic carbocycles. The lowest BCUT2D eigenvalue weighted by molar-refractivity contribution is 0.0595. The molecule has 2 unspecified atom stereocenters. The summed E-state index contributed by atoms with van der Waals surface area (Å²) in [6, 6.07) is 13.9. The van der Waals surface area contributed by atoms with Crippen LogP contribution < -0.4 is 5.69 Å². The molecule has 0 radical (unpaired) electrons. The first-order valence-corrected chi connectivity index (χ1v) is 10.4. The highest BCUT2D eigenvalue weighted by molar-refractivity contribution is 5.94. The lowest BCUT2D eigenvalue weighted by Crippen LogP contribution is -2.44. The average Bonchev–Trinajstić information content (AvgIpc) is 3.17. The highest BCUT2D eigenvalue weighted by atomic mass is 19.1. The molecule has 2 fully saturated rings. The van der Waals surface area contributed by atoms with E-state index in [1.54, 1.807) is 4.57 Å². The number of fused-ring (bicyclic) bond motifs is 3. The highest BCUT2D eigenvalue weighted by Gasteiger charge is 2.41. The molecule has 7 heteroatoms. The molecule has 0 amide bonds. The number of carbonyl (C=O) groups excluding carboxylic acids is 1. The number of hydrogen-bond donors (Lipinski definition) is 1. The van der Waals surface area contributed by atoms with Crippen LogP contribution in [0.3, 0.4) is 0 Å². The molecule has 1 N–H and O–H groups in total. The van der Waals surface area contributed by atoms with Crippen LogP contribution in [0.4, 0.5) is 4.39 Å². The van der Waals surface area contributed by atoms with Crippen molar-refractivity contribution in [2.75, 3.05) is 7.11 Å². The van der Waals surface area contributed by atoms with E-state index >= 15 is 0 Å². The van der Waals surface area contributed by atoms with Crippen LogP contribution in [0.15, 0.2) is 47.3 Å². The Morgan fingerprint density at radius 2 is 1.83 bits per heavy atom. The minimum Gasteiger partial charge on any atom is -0.465 e. The van der Waals surface area contributed by atoms with Crippen molar-refractivity contribution >= 4 is 17.0 Å². The summed E-state index contributed by atoms with van der Waals surface area (Å²) in [5.74, 6) is -1.43. The molecule has 2 aromatic carbocycles. The summed E-state index contributed by atoms with van der Waals surface area (Å²) >= 11 is 0. The van der Waals surface area contributed by atoms with Gasteiger partial charge < -0.3 is 9.72 Å². The van der Waals surface area contributed by atoms with Crippen molar-refractivity contribution < 1.29 is 13.9 Å². The van der Waals surface area contributed by atoms with Crippen LogP contribution in [0.25, 0.3) is 11.0 Å². The predicted molar refractivity (Wildman–Crippen MR) is 111 cm³/mol. The number of imidazole rings is 1. The number of hydrogen-bond acceptors (Lipinski definition) is 4. The van der Waals surface area contributed by atoms with Crippen molar-refractivity contribution in [1.82, 2.24) is 14.5 Å². The Labute approximate surface area is 173 Å². The van der Waals surface area contributed by atoms with E-state index in [1.807, 2.05) is 6.07 Å². The van der Waals surface area contributed by atoms with Crippen molar-refractivity contribution in [2.45, 2.75) is 50.4 Å². The van der Waals surface area contributed by atoms with E-state index in [4.69, 9.17) is 0 Å². The molecule has 5 rings (SSSR count). The van der Waals surface area contributed by atoms with E-state index in [2.05, 4.69) is 38.9 Å². The number of aromatic nitrogens is 2. The van der Waals surface area contributed by atoms with E-state index in [0.29, 0.717) is 23.1 Å². The summed E-state index contributed by atoms with van der Waals surface area (Å²) in [4.78, 5) is 29.9. The molecular weight excluding hydrogens is 385 g/mol. The van der Waals surface area contributed by atoms with Crippen molar-refractivity contribution in [3.05, 3.63) is 69.9 Å². The number of nitrogens with zero attached hydrogens (tertiary/aromatic N) is 2. The van der Waals surface area contributed by atoms with E-state index in [1.165, 1.54) is 24.8 Å². The first-order chi connectivity index (χ1) is 14.5. The lowest BCUT2D eigenvalue weighted by Gasteiger charge is -2.39. The number of halogens is 1. The van der Waals surface area contributed by atoms with Gasteiger partial charge in [-0.05, 0) is 37.3 Å². The number of methoxy groups -OCH3 is 1. The summed E-state index contributed by atoms with van der Waals surface area (Å²) in [7, 11) is 1.21. The molecular formula is C23H24FN3O3. The van der Waals surface area contributed by atoms with Gasteiger partial charge in [-0.25, -0.2) is 14.0 Å². The van der Waals surface area contributed by atoms with Crippen molar-refractivity contribution in [1.29, 1.82) is 0 Å². The van der Waals surface area contributed by atoms with Crippen LogP contribution in [-0.4, -0.2) is 39.6 Å². The van der Waals surface area contributed by atoms with Gasteiger partial charge in [0.15, 0.2) is 0 Å². The van der Waals surface area contributed by atoms with Gasteiger partial charge in [0.2, 0.25) is 0 Å². The average molecular weight is 409 g/mol. The first kappa shape index (κ1) is 19.1. The summed E-state index contributed by atoms with van der Waals surface area (Å²) in [6.45, 7) is 0.919. The van der Waals surface area contributed by atoms with Gasteiger partial charge in [-0.2, -0.15) is 0 Å². The van der Waals surface area contributed by atoms with Gasteiger partial charge in [-0.3, -0.25) is 9.47 Å². The molecule has 30 heavy (non-hydrogen) atoms. The molecule has 6 nitrogen and oxygen atoms in total. The third-order valence-electron chi connectivity index (χ3n) is 6.64. The normalized spacial score (nSPS) is 23.7. The third kappa shape index (κ3) is 3.13. The second-order valence-corrected chi connectivity index (χ2v) is 8.31. The minimum atomic E-state index is -0.754. The van der Waals surface area contributed by atoms with Gasteiger partial charge in [0.05, 0.1) is 23.7 Å². The number of ether oxygens (including phenoxy) is 1. The quantitative estimate of drug-likeness (QED) is 0.669. The number of carbonyl (C=O) groups is 1. The summed E-state index contributed by atoms with van der Waals surface area (Å²) in [5, 5.41) is 0. The minimum absolute atomic E-state index is 0.0131. The van der Waals surface area contributed by atoms with Crippen LogP contribution in [-0.2, 0) is 11.3 Å². The predicted octanol–water partition coefficient (Wildman–Crippen LogP) is 3.62. The first-order valence-electron chi connectivity index (χ1n) is 10.4. The van der Waals surface area contributed by atoms with Crippen molar-refractivity contribution in [3.8, 4) is 0 Å². The maximum absolute atomic E-state index is 14.5. The number of rotatable bonds is 4. The zero-order valence-electron chi connectivity index (χ0n) is 16.8. The fraction of sp³-hybridized carbons (Fsp3) is 0.391. The molecule has 2 aliphatic heterocycles. The van der Waals surface area contributed by atoms with Gasteiger partial charge >= 0.3 is 11.7 Å². The van der Waals surface area contributed by atoms with Crippen LogP contribution in [0.1, 0.15) is 47.6 Å². The Kier molecular flexibility index (Phi) is 4.70. The second-order valence-electron chi connectivity index (χ2n) is 8.31. The van der Waals surface area contributed by atoms with E-state index in [-0.39, 0.29) is 17.3 Å². The summed E-state index contributed by atoms with van der Waals surface area (Å²) in [5.41, 5.74) is 1.84.